The number of nitrogens with zero attached hydrogens (tertiary/aromatic N) is 1. The van der Waals surface area contributed by atoms with Crippen LogP contribution in [0.15, 0.2) is 24.3 Å². The molecule has 0 saturated heterocycles. The molecule has 0 unspecified atom stereocenters. The van der Waals surface area contributed by atoms with Gasteiger partial charge in [-0.2, -0.15) is 0 Å². The second-order valence-corrected chi connectivity index (χ2v) is 5.22. The van der Waals surface area contributed by atoms with Gasteiger partial charge in [-0.25, -0.2) is 4.98 Å². The first-order valence-corrected chi connectivity index (χ1v) is 6.86. The van der Waals surface area contributed by atoms with Crippen molar-refractivity contribution in [2.24, 2.45) is 0 Å². The first kappa shape index (κ1) is 14.5. The van der Waals surface area contributed by atoms with Crippen molar-refractivity contribution in [3.63, 3.8) is 0 Å². The number of ether oxygens (including phenoxy) is 2. The van der Waals surface area contributed by atoms with Crippen molar-refractivity contribution in [2.45, 2.75) is 13.5 Å². The van der Waals surface area contributed by atoms with E-state index in [-0.39, 0.29) is 5.91 Å². The molecule has 5 nitrogen and oxygen atoms in total. The summed E-state index contributed by atoms with van der Waals surface area (Å²) in [6.45, 7) is 2.23. The summed E-state index contributed by atoms with van der Waals surface area (Å²) in [6, 6.07) is 7.23. The summed E-state index contributed by atoms with van der Waals surface area (Å²) in [5.41, 5.74) is 1.40. The van der Waals surface area contributed by atoms with Crippen molar-refractivity contribution < 1.29 is 14.3 Å². The van der Waals surface area contributed by atoms with Gasteiger partial charge in [0.2, 0.25) is 0 Å². The average molecular weight is 292 g/mol. The van der Waals surface area contributed by atoms with Crippen LogP contribution < -0.4 is 10.1 Å². The van der Waals surface area contributed by atoms with Crippen LogP contribution in [0.5, 0.6) is 5.75 Å². The van der Waals surface area contributed by atoms with Crippen LogP contribution >= 0.6 is 11.3 Å². The number of rotatable bonds is 5. The van der Waals surface area contributed by atoms with Crippen LogP contribution in [-0.4, -0.2) is 25.1 Å². The molecule has 0 fully saturated rings. The van der Waals surface area contributed by atoms with Crippen LogP contribution in [0.3, 0.4) is 0 Å². The minimum Gasteiger partial charge on any atom is -0.497 e. The molecule has 0 aliphatic rings. The molecule has 1 heterocycles. The molecule has 0 bridgehead atoms. The second-order valence-electron chi connectivity index (χ2n) is 4.14. The summed E-state index contributed by atoms with van der Waals surface area (Å²) in [5.74, 6) is 0.527. The maximum atomic E-state index is 12.2. The van der Waals surface area contributed by atoms with E-state index >= 15 is 0 Å². The van der Waals surface area contributed by atoms with E-state index in [2.05, 4.69) is 10.3 Å². The number of hydrogen-bond acceptors (Lipinski definition) is 5. The lowest BCUT2D eigenvalue weighted by atomic mass is 10.3. The lowest BCUT2D eigenvalue weighted by Gasteiger charge is -2.06. The number of aromatic nitrogens is 1. The summed E-state index contributed by atoms with van der Waals surface area (Å²) in [5, 5.41) is 3.63. The Kier molecular flexibility index (Phi) is 4.70. The number of carbonyl (C=O) groups excluding carboxylic acids is 1. The van der Waals surface area contributed by atoms with Gasteiger partial charge in [-0.3, -0.25) is 4.79 Å². The molecule has 2 rings (SSSR count). The fourth-order valence-electron chi connectivity index (χ4n) is 1.74. The van der Waals surface area contributed by atoms with Gasteiger partial charge in [-0.05, 0) is 19.1 Å². The van der Waals surface area contributed by atoms with Gasteiger partial charge in [-0.1, -0.05) is 6.07 Å². The molecule has 106 valence electrons. The number of nitrogens with one attached hydrogen (secondary N) is 1. The van der Waals surface area contributed by atoms with Gasteiger partial charge < -0.3 is 14.8 Å². The number of benzene rings is 1. The SMILES string of the molecule is COCc1nc(C)c(C(=O)Nc2cccc(OC)c2)s1. The van der Waals surface area contributed by atoms with Crippen LogP contribution in [0.4, 0.5) is 5.69 Å². The molecular formula is C14H16N2O3S. The van der Waals surface area contributed by atoms with Gasteiger partial charge in [0.1, 0.15) is 15.6 Å². The lowest BCUT2D eigenvalue weighted by molar-refractivity contribution is 0.103. The van der Waals surface area contributed by atoms with Crippen LogP contribution in [0.1, 0.15) is 20.4 Å². The normalized spacial score (nSPS) is 10.3. The van der Waals surface area contributed by atoms with E-state index < -0.39 is 0 Å². The monoisotopic (exact) mass is 292 g/mol. The molecule has 2 aromatic rings. The molecule has 0 spiro atoms. The highest BCUT2D eigenvalue weighted by Crippen LogP contribution is 2.22. The molecule has 1 aromatic carbocycles. The molecule has 20 heavy (non-hydrogen) atoms. The highest BCUT2D eigenvalue weighted by atomic mass is 32.1. The standard InChI is InChI=1S/C14H16N2O3S/c1-9-13(20-12(15-9)8-18-2)14(17)16-10-5-4-6-11(7-10)19-3/h4-7H,8H2,1-3H3,(H,16,17). The Balaban J connectivity index is 2.15. The van der Waals surface area contributed by atoms with E-state index in [1.165, 1.54) is 11.3 Å². The van der Waals surface area contributed by atoms with Crippen LogP contribution in [-0.2, 0) is 11.3 Å². The number of methoxy groups -OCH3 is 2. The Morgan fingerprint density at radius 3 is 2.90 bits per heavy atom. The van der Waals surface area contributed by atoms with Crippen LogP contribution in [0.25, 0.3) is 0 Å². The molecule has 0 atom stereocenters. The topological polar surface area (TPSA) is 60.5 Å². The van der Waals surface area contributed by atoms with Crippen molar-refractivity contribution in [3.05, 3.63) is 39.8 Å². The summed E-state index contributed by atoms with van der Waals surface area (Å²) < 4.78 is 10.1. The van der Waals surface area contributed by atoms with Gasteiger partial charge in [0, 0.05) is 18.9 Å². The molecule has 0 aliphatic heterocycles. The van der Waals surface area contributed by atoms with Crippen LogP contribution in [0, 0.1) is 6.92 Å². The number of amides is 1. The Morgan fingerprint density at radius 1 is 1.40 bits per heavy atom. The van der Waals surface area contributed by atoms with Gasteiger partial charge in [0.05, 0.1) is 19.4 Å². The van der Waals surface area contributed by atoms with Crippen molar-refractivity contribution in [1.82, 2.24) is 4.98 Å². The Labute approximate surface area is 121 Å². The summed E-state index contributed by atoms with van der Waals surface area (Å²) >= 11 is 1.34. The van der Waals surface area contributed by atoms with E-state index in [1.54, 1.807) is 20.3 Å². The largest absolute Gasteiger partial charge is 0.497 e. The van der Waals surface area contributed by atoms with Crippen LogP contribution in [0.2, 0.25) is 0 Å². The van der Waals surface area contributed by atoms with E-state index in [0.717, 1.165) is 5.01 Å². The zero-order valence-corrected chi connectivity index (χ0v) is 12.4. The van der Waals surface area contributed by atoms with E-state index in [9.17, 15) is 4.79 Å². The lowest BCUT2D eigenvalue weighted by Crippen LogP contribution is -2.11. The number of carbonyl (C=O) groups is 1. The Bertz CT molecular complexity index is 610. The third kappa shape index (κ3) is 3.34. The average Bonchev–Trinajstić information content (AvgIpc) is 2.80. The molecular weight excluding hydrogens is 276 g/mol. The van der Waals surface area contributed by atoms with E-state index in [4.69, 9.17) is 9.47 Å². The van der Waals surface area contributed by atoms with Gasteiger partial charge in [0.25, 0.3) is 5.91 Å². The first-order chi connectivity index (χ1) is 9.63. The van der Waals surface area contributed by atoms with Crippen molar-refractivity contribution in [3.8, 4) is 5.75 Å². The number of thiazole rings is 1. The molecule has 0 saturated carbocycles. The van der Waals surface area contributed by atoms with Crippen molar-refractivity contribution >= 4 is 22.9 Å². The number of anilines is 1. The highest BCUT2D eigenvalue weighted by Gasteiger charge is 2.15. The molecule has 1 amide bonds. The third-order valence-corrected chi connectivity index (χ3v) is 3.77. The number of hydrogen-bond donors (Lipinski definition) is 1. The fraction of sp³-hybridized carbons (Fsp3) is 0.286. The van der Waals surface area contributed by atoms with Gasteiger partial charge in [0.15, 0.2) is 0 Å². The Morgan fingerprint density at radius 2 is 2.20 bits per heavy atom. The fourth-order valence-corrected chi connectivity index (χ4v) is 2.67. The maximum absolute atomic E-state index is 12.2. The minimum absolute atomic E-state index is 0.171. The molecule has 1 aromatic heterocycles. The van der Waals surface area contributed by atoms with Gasteiger partial charge in [-0.15, -0.1) is 11.3 Å². The van der Waals surface area contributed by atoms with Gasteiger partial charge >= 0.3 is 0 Å². The third-order valence-electron chi connectivity index (χ3n) is 2.64. The smallest absolute Gasteiger partial charge is 0.267 e. The predicted molar refractivity (Wildman–Crippen MR) is 78.5 cm³/mol. The Hall–Kier alpha value is -1.92. The van der Waals surface area contributed by atoms with Crippen molar-refractivity contribution in [1.29, 1.82) is 0 Å². The zero-order chi connectivity index (χ0) is 14.5. The summed E-state index contributed by atoms with van der Waals surface area (Å²) in [6.07, 6.45) is 0. The highest BCUT2D eigenvalue weighted by molar-refractivity contribution is 7.13. The first-order valence-electron chi connectivity index (χ1n) is 6.04. The molecule has 6 heteroatoms. The predicted octanol–water partition coefficient (Wildman–Crippen LogP) is 2.86. The zero-order valence-electron chi connectivity index (χ0n) is 11.6. The molecule has 1 N–H and O–H groups in total. The number of aryl methyl sites for hydroxylation is 1. The second kappa shape index (κ2) is 6.49. The molecule has 0 aliphatic carbocycles. The molecule has 0 radical (unpaired) electrons. The van der Waals surface area contributed by atoms with E-state index in [0.29, 0.717) is 28.6 Å². The minimum atomic E-state index is -0.171. The van der Waals surface area contributed by atoms with E-state index in [1.807, 2.05) is 25.1 Å². The summed E-state index contributed by atoms with van der Waals surface area (Å²) in [4.78, 5) is 17.1. The van der Waals surface area contributed by atoms with Crippen molar-refractivity contribution in [2.75, 3.05) is 19.5 Å². The maximum Gasteiger partial charge on any atom is 0.267 e. The quantitative estimate of drug-likeness (QED) is 0.920. The summed E-state index contributed by atoms with van der Waals surface area (Å²) in [7, 11) is 3.19.